The van der Waals surface area contributed by atoms with Crippen LogP contribution in [0.25, 0.3) is 0 Å². The summed E-state index contributed by atoms with van der Waals surface area (Å²) in [6, 6.07) is 10.4. The van der Waals surface area contributed by atoms with Crippen molar-refractivity contribution in [3.63, 3.8) is 0 Å². The minimum absolute atomic E-state index is 0.0574. The third-order valence-corrected chi connectivity index (χ3v) is 16.9. The van der Waals surface area contributed by atoms with E-state index in [2.05, 4.69) is 175 Å². The third kappa shape index (κ3) is 7.60. The summed E-state index contributed by atoms with van der Waals surface area (Å²) in [5.74, 6) is 0. The zero-order chi connectivity index (χ0) is 34.4. The monoisotopic (exact) mass is 635 g/mol. The van der Waals surface area contributed by atoms with E-state index in [0.29, 0.717) is 5.40 Å². The smallest absolute Gasteiger partial charge is 0.0561 e. The first-order valence-corrected chi connectivity index (χ1v) is 20.0. The van der Waals surface area contributed by atoms with Gasteiger partial charge >= 0.3 is 0 Å². The van der Waals surface area contributed by atoms with Crippen molar-refractivity contribution in [1.82, 2.24) is 0 Å². The number of hydrogen-bond acceptors (Lipinski definition) is 0. The molecule has 3 rings (SSSR count). The van der Waals surface area contributed by atoms with Crippen molar-refractivity contribution >= 4 is 26.3 Å². The second-order valence-electron chi connectivity index (χ2n) is 20.9. The highest BCUT2D eigenvalue weighted by molar-refractivity contribution is 8.04. The van der Waals surface area contributed by atoms with Gasteiger partial charge in [0.15, 0.2) is 5.40 Å². The Morgan fingerprint density at radius 3 is 0.977 bits per heavy atom. The molecule has 0 fully saturated rings. The van der Waals surface area contributed by atoms with E-state index >= 15 is 0 Å². The summed E-state index contributed by atoms with van der Waals surface area (Å²) in [6.07, 6.45) is 0. The van der Waals surface area contributed by atoms with Crippen molar-refractivity contribution in [2.75, 3.05) is 0 Å². The summed E-state index contributed by atoms with van der Waals surface area (Å²) >= 11 is 0. The highest BCUT2D eigenvalue weighted by Gasteiger charge is 2.55. The normalized spacial score (nSPS) is 20.0. The van der Waals surface area contributed by atoms with E-state index in [-0.39, 0.29) is 45.2 Å². The molecule has 1 heterocycles. The fourth-order valence-electron chi connectivity index (χ4n) is 6.42. The lowest BCUT2D eigenvalue weighted by Gasteiger charge is -2.43. The van der Waals surface area contributed by atoms with Gasteiger partial charge < -0.3 is 0 Å². The van der Waals surface area contributed by atoms with Crippen molar-refractivity contribution in [3.8, 4) is 0 Å². The summed E-state index contributed by atoms with van der Waals surface area (Å²) in [6.45, 7) is 51.2. The van der Waals surface area contributed by atoms with E-state index < -0.39 is 7.92 Å². The highest BCUT2D eigenvalue weighted by atomic mass is 31.2. The molecule has 2 aromatic rings. The average Bonchev–Trinajstić information content (AvgIpc) is 2.72. The Hall–Kier alpha value is -0.960. The maximum absolute atomic E-state index is 2.89. The van der Waals surface area contributed by atoms with E-state index in [9.17, 15) is 0 Å². The second kappa shape index (κ2) is 11.3. The molecular formula is C42H69P2+. The van der Waals surface area contributed by atoms with Gasteiger partial charge in [0.2, 0.25) is 0 Å². The molecule has 0 nitrogen and oxygen atoms in total. The van der Waals surface area contributed by atoms with Crippen LogP contribution in [0.15, 0.2) is 24.3 Å². The fraction of sp³-hybridized carbons (Fsp3) is 0.690. The van der Waals surface area contributed by atoms with Crippen LogP contribution in [0.2, 0.25) is 0 Å². The standard InChI is InChI=1S/C42H69P2/c1-36(2,3)27-22-29(38(7,8)9)33(30(23-27)39(10,11)12)35-43(26-44(35)42(19,20)21)34-31(40(13,14)15)24-28(37(4,5)6)25-32(34)41(16,17)18/h22-26,35H,1-21H3/q+1. The van der Waals surface area contributed by atoms with Gasteiger partial charge in [-0.25, -0.2) is 0 Å². The van der Waals surface area contributed by atoms with E-state index in [0.717, 1.165) is 0 Å². The van der Waals surface area contributed by atoms with Crippen molar-refractivity contribution in [3.05, 3.63) is 63.2 Å². The fourth-order valence-corrected chi connectivity index (χ4v) is 15.7. The van der Waals surface area contributed by atoms with Crippen LogP contribution in [0.4, 0.5) is 0 Å². The zero-order valence-electron chi connectivity index (χ0n) is 32.9. The van der Waals surface area contributed by atoms with Crippen LogP contribution in [-0.4, -0.2) is 10.7 Å². The van der Waals surface area contributed by atoms with Crippen molar-refractivity contribution < 1.29 is 0 Å². The van der Waals surface area contributed by atoms with E-state index in [4.69, 9.17) is 0 Å². The van der Waals surface area contributed by atoms with Gasteiger partial charge in [-0.05, 0) is 91.9 Å². The lowest BCUT2D eigenvalue weighted by atomic mass is 9.72. The second-order valence-corrected chi connectivity index (χ2v) is 26.7. The molecule has 3 atom stereocenters. The number of rotatable bonds is 2. The largest absolute Gasteiger partial charge is 0.171 e. The van der Waals surface area contributed by atoms with Gasteiger partial charge in [-0.1, -0.05) is 149 Å². The van der Waals surface area contributed by atoms with Crippen LogP contribution in [0, 0.1) is 0 Å². The lowest BCUT2D eigenvalue weighted by molar-refractivity contribution is 0.540. The molecule has 1 aliphatic heterocycles. The van der Waals surface area contributed by atoms with Crippen LogP contribution in [0.1, 0.15) is 190 Å². The minimum atomic E-state index is -0.515. The molecular weight excluding hydrogens is 566 g/mol. The number of hydrogen-bond donors (Lipinski definition) is 0. The molecule has 0 aliphatic carbocycles. The minimum Gasteiger partial charge on any atom is -0.0561 e. The van der Waals surface area contributed by atoms with Gasteiger partial charge in [0, 0.05) is 13.5 Å². The van der Waals surface area contributed by atoms with Gasteiger partial charge in [-0.15, -0.1) is 0 Å². The predicted octanol–water partition coefficient (Wildman–Crippen LogP) is 13.3. The molecule has 0 N–H and O–H groups in total. The number of benzene rings is 2. The van der Waals surface area contributed by atoms with Gasteiger partial charge in [0.25, 0.3) is 0 Å². The van der Waals surface area contributed by atoms with Gasteiger partial charge in [-0.3, -0.25) is 0 Å². The third-order valence-electron chi connectivity index (χ3n) is 9.32. The van der Waals surface area contributed by atoms with Crippen LogP contribution >= 0.6 is 15.5 Å². The summed E-state index contributed by atoms with van der Waals surface area (Å²) in [7, 11) is -0.844. The van der Waals surface area contributed by atoms with E-state index in [1.807, 2.05) is 0 Å². The molecule has 0 radical (unpaired) electrons. The van der Waals surface area contributed by atoms with E-state index in [1.165, 1.54) is 11.1 Å². The Morgan fingerprint density at radius 1 is 0.432 bits per heavy atom. The Morgan fingerprint density at radius 2 is 0.727 bits per heavy atom. The van der Waals surface area contributed by atoms with Crippen LogP contribution in [-0.2, 0) is 32.5 Å². The van der Waals surface area contributed by atoms with Crippen molar-refractivity contribution in [2.24, 2.45) is 0 Å². The zero-order valence-corrected chi connectivity index (χ0v) is 34.6. The average molecular weight is 636 g/mol. The Labute approximate surface area is 277 Å². The van der Waals surface area contributed by atoms with Crippen LogP contribution < -0.4 is 5.30 Å². The maximum Gasteiger partial charge on any atom is 0.171 e. The van der Waals surface area contributed by atoms with Gasteiger partial charge in [0.05, 0.1) is 0 Å². The first-order valence-electron chi connectivity index (χ1n) is 17.1. The maximum atomic E-state index is 2.89. The Bertz CT molecular complexity index is 1350. The predicted molar refractivity (Wildman–Crippen MR) is 207 cm³/mol. The van der Waals surface area contributed by atoms with Crippen LogP contribution in [0.3, 0.4) is 0 Å². The molecule has 44 heavy (non-hydrogen) atoms. The molecule has 3 unspecified atom stereocenters. The topological polar surface area (TPSA) is 0 Å². The quantitative estimate of drug-likeness (QED) is 0.288. The summed E-state index contributed by atoms with van der Waals surface area (Å²) in [5.41, 5.74) is 14.3. The molecule has 0 amide bonds. The SMILES string of the molecule is CC(C)(C)c1cc(C(C)(C)C)c(C2P(c3c(C(C)(C)C)cc(C(C)(C)C)cc3C(C)(C)C)C=[P+]2C(C)(C)C)c(C(C)(C)C)c1. The molecule has 2 aromatic carbocycles. The molecule has 0 spiro atoms. The summed E-state index contributed by atoms with van der Waals surface area (Å²) in [4.78, 5) is 0. The van der Waals surface area contributed by atoms with E-state index in [1.54, 1.807) is 33.1 Å². The Kier molecular flexibility index (Phi) is 9.66. The highest BCUT2D eigenvalue weighted by Crippen LogP contribution is 2.78. The molecule has 0 saturated carbocycles. The first-order chi connectivity index (χ1) is 19.3. The van der Waals surface area contributed by atoms with Gasteiger partial charge in [0.1, 0.15) is 18.2 Å². The molecule has 0 saturated heterocycles. The summed E-state index contributed by atoms with van der Waals surface area (Å²) < 4.78 is 0. The molecule has 0 aromatic heterocycles. The molecule has 2 heteroatoms. The Balaban J connectivity index is 2.62. The lowest BCUT2D eigenvalue weighted by Crippen LogP contribution is -2.36. The van der Waals surface area contributed by atoms with Gasteiger partial charge in [-0.2, -0.15) is 0 Å². The molecule has 1 aliphatic rings. The van der Waals surface area contributed by atoms with Crippen molar-refractivity contribution in [2.45, 2.75) is 188 Å². The summed E-state index contributed by atoms with van der Waals surface area (Å²) in [5, 5.41) is 2.49. The first kappa shape index (κ1) is 37.5. The van der Waals surface area contributed by atoms with Crippen molar-refractivity contribution in [1.29, 1.82) is 0 Å². The molecule has 246 valence electrons. The van der Waals surface area contributed by atoms with Crippen LogP contribution in [0.5, 0.6) is 0 Å². The molecule has 0 bridgehead atoms.